The molecule has 0 saturated heterocycles. The van der Waals surface area contributed by atoms with Gasteiger partial charge in [-0.05, 0) is 6.42 Å². The van der Waals surface area contributed by atoms with Crippen molar-refractivity contribution < 1.29 is 24.2 Å². The Kier molecular flexibility index (Phi) is 4.86. The highest BCUT2D eigenvalue weighted by Crippen LogP contribution is 2.01. The topological polar surface area (TPSA) is 141 Å². The SMILES string of the molecule is COC(=O)CC[C@H](NC(=O)c1c[nH]c(=O)[nH]1)C(=O)O. The van der Waals surface area contributed by atoms with Gasteiger partial charge in [0.1, 0.15) is 11.7 Å². The summed E-state index contributed by atoms with van der Waals surface area (Å²) >= 11 is 0. The summed E-state index contributed by atoms with van der Waals surface area (Å²) < 4.78 is 4.38. The molecule has 1 atom stereocenters. The van der Waals surface area contributed by atoms with E-state index in [-0.39, 0.29) is 18.5 Å². The monoisotopic (exact) mass is 271 g/mol. The fourth-order valence-electron chi connectivity index (χ4n) is 1.31. The molecule has 0 unspecified atom stereocenters. The molecule has 1 amide bonds. The van der Waals surface area contributed by atoms with Crippen molar-refractivity contribution in [2.24, 2.45) is 0 Å². The van der Waals surface area contributed by atoms with Gasteiger partial charge in [0.15, 0.2) is 0 Å². The first-order valence-corrected chi connectivity index (χ1v) is 5.32. The number of esters is 1. The summed E-state index contributed by atoms with van der Waals surface area (Å²) in [5, 5.41) is 11.1. The van der Waals surface area contributed by atoms with Crippen molar-refractivity contribution >= 4 is 17.8 Å². The maximum atomic E-state index is 11.6. The van der Waals surface area contributed by atoms with Crippen molar-refractivity contribution in [3.8, 4) is 0 Å². The molecule has 1 aromatic heterocycles. The third kappa shape index (κ3) is 4.30. The molecule has 0 spiro atoms. The van der Waals surface area contributed by atoms with Gasteiger partial charge in [0, 0.05) is 12.6 Å². The number of aliphatic carboxylic acids is 1. The van der Waals surface area contributed by atoms with Crippen molar-refractivity contribution in [3.63, 3.8) is 0 Å². The van der Waals surface area contributed by atoms with E-state index in [1.807, 2.05) is 0 Å². The lowest BCUT2D eigenvalue weighted by molar-refractivity contribution is -0.142. The maximum Gasteiger partial charge on any atom is 0.326 e. The van der Waals surface area contributed by atoms with Gasteiger partial charge >= 0.3 is 17.6 Å². The Balaban J connectivity index is 2.63. The average molecular weight is 271 g/mol. The zero-order valence-electron chi connectivity index (χ0n) is 10.1. The van der Waals surface area contributed by atoms with Crippen LogP contribution in [0.3, 0.4) is 0 Å². The molecule has 0 aromatic carbocycles. The summed E-state index contributed by atoms with van der Waals surface area (Å²) in [4.78, 5) is 48.7. The number of aromatic nitrogens is 2. The van der Waals surface area contributed by atoms with Crippen LogP contribution in [0, 0.1) is 0 Å². The third-order valence-corrected chi connectivity index (χ3v) is 2.31. The zero-order chi connectivity index (χ0) is 14.4. The Bertz CT molecular complexity index is 531. The summed E-state index contributed by atoms with van der Waals surface area (Å²) in [5.74, 6) is -2.61. The van der Waals surface area contributed by atoms with E-state index in [9.17, 15) is 19.2 Å². The van der Waals surface area contributed by atoms with Gasteiger partial charge in [0.2, 0.25) is 0 Å². The number of amides is 1. The number of carbonyl (C=O) groups excluding carboxylic acids is 2. The highest BCUT2D eigenvalue weighted by molar-refractivity contribution is 5.94. The standard InChI is InChI=1S/C10H13N3O6/c1-19-7(14)3-2-5(9(16)17)12-8(15)6-4-11-10(18)13-6/h4-5H,2-3H2,1H3,(H,12,15)(H,16,17)(H2,11,13,18)/t5-/m0/s1. The smallest absolute Gasteiger partial charge is 0.326 e. The first-order valence-electron chi connectivity index (χ1n) is 5.32. The minimum Gasteiger partial charge on any atom is -0.480 e. The van der Waals surface area contributed by atoms with Crippen LogP contribution in [-0.2, 0) is 14.3 Å². The van der Waals surface area contributed by atoms with Crippen LogP contribution >= 0.6 is 0 Å². The van der Waals surface area contributed by atoms with E-state index in [2.05, 4.69) is 20.0 Å². The molecule has 4 N–H and O–H groups in total. The Morgan fingerprint density at radius 3 is 2.63 bits per heavy atom. The van der Waals surface area contributed by atoms with Crippen LogP contribution in [0.4, 0.5) is 0 Å². The number of carboxylic acids is 1. The molecule has 0 bridgehead atoms. The minimum absolute atomic E-state index is 0.0886. The highest BCUT2D eigenvalue weighted by atomic mass is 16.5. The second-order valence-corrected chi connectivity index (χ2v) is 3.64. The normalized spacial score (nSPS) is 11.6. The first kappa shape index (κ1) is 14.5. The number of aromatic amines is 2. The van der Waals surface area contributed by atoms with Crippen molar-refractivity contribution in [1.29, 1.82) is 0 Å². The lowest BCUT2D eigenvalue weighted by atomic mass is 10.1. The number of ether oxygens (including phenoxy) is 1. The van der Waals surface area contributed by atoms with Gasteiger partial charge in [-0.1, -0.05) is 0 Å². The molecule has 104 valence electrons. The summed E-state index contributed by atoms with van der Waals surface area (Å²) in [5.41, 5.74) is -0.666. The minimum atomic E-state index is -1.28. The maximum absolute atomic E-state index is 11.6. The van der Waals surface area contributed by atoms with Crippen molar-refractivity contribution in [1.82, 2.24) is 15.3 Å². The van der Waals surface area contributed by atoms with Gasteiger partial charge in [-0.3, -0.25) is 9.59 Å². The van der Waals surface area contributed by atoms with Gasteiger partial charge in [-0.2, -0.15) is 0 Å². The summed E-state index contributed by atoms with van der Waals surface area (Å²) in [6.07, 6.45) is 0.872. The Hall–Kier alpha value is -2.58. The molecule has 0 radical (unpaired) electrons. The number of H-pyrrole nitrogens is 2. The van der Waals surface area contributed by atoms with Gasteiger partial charge in [0.05, 0.1) is 7.11 Å². The molecular weight excluding hydrogens is 258 g/mol. The van der Waals surface area contributed by atoms with E-state index >= 15 is 0 Å². The lowest BCUT2D eigenvalue weighted by Gasteiger charge is -2.12. The second-order valence-electron chi connectivity index (χ2n) is 3.64. The molecule has 1 heterocycles. The van der Waals surface area contributed by atoms with E-state index in [0.717, 1.165) is 6.20 Å². The number of carboxylic acid groups (broad SMARTS) is 1. The van der Waals surface area contributed by atoms with E-state index in [1.165, 1.54) is 7.11 Å². The number of methoxy groups -OCH3 is 1. The molecular formula is C10H13N3O6. The van der Waals surface area contributed by atoms with Gasteiger partial charge in [-0.15, -0.1) is 0 Å². The molecule has 9 heteroatoms. The summed E-state index contributed by atoms with van der Waals surface area (Å²) in [6, 6.07) is -1.25. The lowest BCUT2D eigenvalue weighted by Crippen LogP contribution is -2.41. The molecule has 1 aromatic rings. The van der Waals surface area contributed by atoms with E-state index in [1.54, 1.807) is 0 Å². The summed E-state index contributed by atoms with van der Waals surface area (Å²) in [7, 11) is 1.18. The Labute approximate surface area is 107 Å². The van der Waals surface area contributed by atoms with Crippen LogP contribution in [-0.4, -0.2) is 46.1 Å². The van der Waals surface area contributed by atoms with E-state index < -0.39 is 29.6 Å². The number of nitrogens with one attached hydrogen (secondary N) is 3. The largest absolute Gasteiger partial charge is 0.480 e. The molecule has 0 aliphatic carbocycles. The molecule has 0 aliphatic rings. The number of carbonyl (C=O) groups is 3. The molecule has 9 nitrogen and oxygen atoms in total. The predicted octanol–water partition coefficient (Wildman–Crippen LogP) is -1.16. The number of imidazole rings is 1. The fourth-order valence-corrected chi connectivity index (χ4v) is 1.31. The van der Waals surface area contributed by atoms with Crippen LogP contribution in [0.5, 0.6) is 0 Å². The summed E-state index contributed by atoms with van der Waals surface area (Å²) in [6.45, 7) is 0. The van der Waals surface area contributed by atoms with Crippen LogP contribution in [0.2, 0.25) is 0 Å². The Morgan fingerprint density at radius 2 is 2.16 bits per heavy atom. The first-order chi connectivity index (χ1) is 8.93. The van der Waals surface area contributed by atoms with Gasteiger partial charge in [-0.25, -0.2) is 9.59 Å². The fraction of sp³-hybridized carbons (Fsp3) is 0.400. The highest BCUT2D eigenvalue weighted by Gasteiger charge is 2.22. The molecule has 0 fully saturated rings. The average Bonchev–Trinajstić information content (AvgIpc) is 2.80. The quantitative estimate of drug-likeness (QED) is 0.481. The number of rotatable bonds is 6. The van der Waals surface area contributed by atoms with Crippen LogP contribution < -0.4 is 11.0 Å². The molecule has 1 rings (SSSR count). The van der Waals surface area contributed by atoms with Crippen molar-refractivity contribution in [3.05, 3.63) is 22.4 Å². The Morgan fingerprint density at radius 1 is 1.47 bits per heavy atom. The number of hydrogen-bond donors (Lipinski definition) is 4. The second kappa shape index (κ2) is 6.38. The van der Waals surface area contributed by atoms with Crippen LogP contribution in [0.15, 0.2) is 11.0 Å². The zero-order valence-corrected chi connectivity index (χ0v) is 10.1. The van der Waals surface area contributed by atoms with Crippen LogP contribution in [0.1, 0.15) is 23.3 Å². The van der Waals surface area contributed by atoms with Crippen molar-refractivity contribution in [2.45, 2.75) is 18.9 Å². The molecule has 19 heavy (non-hydrogen) atoms. The third-order valence-electron chi connectivity index (χ3n) is 2.31. The van der Waals surface area contributed by atoms with E-state index in [0.29, 0.717) is 0 Å². The predicted molar refractivity (Wildman–Crippen MR) is 61.6 cm³/mol. The number of hydrogen-bond acceptors (Lipinski definition) is 5. The molecule has 0 saturated carbocycles. The van der Waals surface area contributed by atoms with Crippen LogP contribution in [0.25, 0.3) is 0 Å². The van der Waals surface area contributed by atoms with Gasteiger partial charge in [0.25, 0.3) is 5.91 Å². The molecule has 0 aliphatic heterocycles. The van der Waals surface area contributed by atoms with E-state index in [4.69, 9.17) is 5.11 Å². The van der Waals surface area contributed by atoms with Gasteiger partial charge < -0.3 is 25.1 Å². The van der Waals surface area contributed by atoms with Crippen molar-refractivity contribution in [2.75, 3.05) is 7.11 Å².